The zero-order chi connectivity index (χ0) is 13.9. The van der Waals surface area contributed by atoms with E-state index in [1.807, 2.05) is 28.7 Å². The van der Waals surface area contributed by atoms with Crippen LogP contribution in [0.1, 0.15) is 24.2 Å². The summed E-state index contributed by atoms with van der Waals surface area (Å²) in [6, 6.07) is 4.42. The summed E-state index contributed by atoms with van der Waals surface area (Å²) in [5.74, 6) is -1.57. The first-order chi connectivity index (χ1) is 8.32. The van der Waals surface area contributed by atoms with E-state index >= 15 is 0 Å². The zero-order valence-electron chi connectivity index (χ0n) is 9.91. The molecule has 98 valence electrons. The number of halogens is 2. The molecule has 4 nitrogen and oxygen atoms in total. The van der Waals surface area contributed by atoms with Gasteiger partial charge in [0.15, 0.2) is 0 Å². The first-order valence-corrected chi connectivity index (χ1v) is 7.18. The van der Waals surface area contributed by atoms with Crippen molar-refractivity contribution in [2.45, 2.75) is 19.9 Å². The van der Waals surface area contributed by atoms with Gasteiger partial charge in [0.2, 0.25) is 0 Å². The molecule has 0 aromatic heterocycles. The van der Waals surface area contributed by atoms with Crippen LogP contribution in [0.25, 0.3) is 0 Å². The lowest BCUT2D eigenvalue weighted by molar-refractivity contribution is -0.140. The Morgan fingerprint density at radius 1 is 1.39 bits per heavy atom. The number of carbonyl (C=O) groups excluding carboxylic acids is 1. The molecule has 0 aliphatic heterocycles. The van der Waals surface area contributed by atoms with Gasteiger partial charge >= 0.3 is 5.97 Å². The maximum Gasteiger partial charge on any atom is 0.326 e. The lowest BCUT2D eigenvalue weighted by atomic mass is 10.0. The van der Waals surface area contributed by atoms with Crippen molar-refractivity contribution in [1.29, 1.82) is 0 Å². The Balaban J connectivity index is 2.94. The minimum atomic E-state index is -1.02. The highest BCUT2D eigenvalue weighted by Gasteiger charge is 2.24. The van der Waals surface area contributed by atoms with Gasteiger partial charge in [0.25, 0.3) is 5.91 Å². The number of hydrogen-bond donors (Lipinski definition) is 2. The fourth-order valence-corrected chi connectivity index (χ4v) is 2.35. The SMILES string of the molecule is CC(C)C(NC(=O)c1cc(Br)ccc1I)C(=O)O. The average Bonchev–Trinajstić information content (AvgIpc) is 2.28. The van der Waals surface area contributed by atoms with Crippen molar-refractivity contribution in [3.63, 3.8) is 0 Å². The van der Waals surface area contributed by atoms with E-state index < -0.39 is 12.0 Å². The summed E-state index contributed by atoms with van der Waals surface area (Å²) in [5.41, 5.74) is 0.469. The van der Waals surface area contributed by atoms with Gasteiger partial charge in [-0.2, -0.15) is 0 Å². The van der Waals surface area contributed by atoms with Gasteiger partial charge in [0.1, 0.15) is 6.04 Å². The molecule has 1 aromatic carbocycles. The smallest absolute Gasteiger partial charge is 0.326 e. The fourth-order valence-electron chi connectivity index (χ4n) is 1.40. The number of carbonyl (C=O) groups is 2. The normalized spacial score (nSPS) is 12.3. The van der Waals surface area contributed by atoms with E-state index in [2.05, 4.69) is 21.2 Å². The predicted octanol–water partition coefficient (Wildman–Crippen LogP) is 2.89. The summed E-state index contributed by atoms with van der Waals surface area (Å²) in [4.78, 5) is 23.1. The number of nitrogens with one attached hydrogen (secondary N) is 1. The predicted molar refractivity (Wildman–Crippen MR) is 80.6 cm³/mol. The van der Waals surface area contributed by atoms with E-state index in [1.54, 1.807) is 26.0 Å². The van der Waals surface area contributed by atoms with Crippen LogP contribution in [-0.4, -0.2) is 23.0 Å². The molecule has 6 heteroatoms. The Kier molecular flexibility index (Phi) is 5.58. The molecule has 1 atom stereocenters. The van der Waals surface area contributed by atoms with Crippen LogP contribution in [0.2, 0.25) is 0 Å². The monoisotopic (exact) mass is 425 g/mol. The topological polar surface area (TPSA) is 66.4 Å². The van der Waals surface area contributed by atoms with Gasteiger partial charge in [-0.25, -0.2) is 4.79 Å². The minimum absolute atomic E-state index is 0.170. The van der Waals surface area contributed by atoms with E-state index in [1.165, 1.54) is 0 Å². The van der Waals surface area contributed by atoms with Gasteiger partial charge in [-0.1, -0.05) is 29.8 Å². The molecule has 18 heavy (non-hydrogen) atoms. The van der Waals surface area contributed by atoms with Crippen molar-refractivity contribution in [2.24, 2.45) is 5.92 Å². The van der Waals surface area contributed by atoms with Crippen molar-refractivity contribution in [3.05, 3.63) is 31.8 Å². The molecule has 0 saturated carbocycles. The number of carboxylic acids is 1. The highest BCUT2D eigenvalue weighted by Crippen LogP contribution is 2.18. The van der Waals surface area contributed by atoms with Crippen LogP contribution in [-0.2, 0) is 4.79 Å². The quantitative estimate of drug-likeness (QED) is 0.729. The van der Waals surface area contributed by atoms with E-state index in [0.717, 1.165) is 8.04 Å². The summed E-state index contributed by atoms with van der Waals surface area (Å²) in [5, 5.41) is 11.6. The van der Waals surface area contributed by atoms with Gasteiger partial charge in [0.05, 0.1) is 5.56 Å². The minimum Gasteiger partial charge on any atom is -0.480 e. The summed E-state index contributed by atoms with van der Waals surface area (Å²) < 4.78 is 1.56. The maximum absolute atomic E-state index is 12.0. The molecule has 0 bridgehead atoms. The number of hydrogen-bond acceptors (Lipinski definition) is 2. The number of rotatable bonds is 4. The molecular formula is C12H13BrINO3. The summed E-state index contributed by atoms with van der Waals surface area (Å²) in [6.45, 7) is 3.51. The van der Waals surface area contributed by atoms with Crippen LogP contribution in [0.4, 0.5) is 0 Å². The maximum atomic E-state index is 12.0. The molecule has 0 saturated heterocycles. The van der Waals surface area contributed by atoms with Crippen LogP contribution in [0.15, 0.2) is 22.7 Å². The Bertz CT molecular complexity index is 476. The van der Waals surface area contributed by atoms with E-state index in [-0.39, 0.29) is 11.8 Å². The summed E-state index contributed by atoms with van der Waals surface area (Å²) in [6.07, 6.45) is 0. The summed E-state index contributed by atoms with van der Waals surface area (Å²) in [7, 11) is 0. The van der Waals surface area contributed by atoms with Gasteiger partial charge in [0, 0.05) is 8.04 Å². The molecule has 1 amide bonds. The first kappa shape index (κ1) is 15.4. The standard InChI is InChI=1S/C12H13BrINO3/c1-6(2)10(12(17)18)15-11(16)8-5-7(13)3-4-9(8)14/h3-6,10H,1-2H3,(H,15,16)(H,17,18). The van der Waals surface area contributed by atoms with Crippen LogP contribution < -0.4 is 5.32 Å². The number of benzene rings is 1. The molecule has 2 N–H and O–H groups in total. The second-order valence-electron chi connectivity index (χ2n) is 4.16. The van der Waals surface area contributed by atoms with Crippen molar-refractivity contribution in [2.75, 3.05) is 0 Å². The second-order valence-corrected chi connectivity index (χ2v) is 6.24. The van der Waals surface area contributed by atoms with Crippen LogP contribution >= 0.6 is 38.5 Å². The van der Waals surface area contributed by atoms with Gasteiger partial charge in [-0.05, 0) is 46.7 Å². The number of amides is 1. The molecule has 1 rings (SSSR count). The van der Waals surface area contributed by atoms with Crippen molar-refractivity contribution >= 4 is 50.4 Å². The van der Waals surface area contributed by atoms with Crippen molar-refractivity contribution in [1.82, 2.24) is 5.32 Å². The molecule has 0 aliphatic carbocycles. The first-order valence-electron chi connectivity index (χ1n) is 5.31. The van der Waals surface area contributed by atoms with Crippen molar-refractivity contribution in [3.8, 4) is 0 Å². The fraction of sp³-hybridized carbons (Fsp3) is 0.333. The van der Waals surface area contributed by atoms with E-state index in [0.29, 0.717) is 5.56 Å². The third kappa shape index (κ3) is 3.94. The zero-order valence-corrected chi connectivity index (χ0v) is 13.6. The van der Waals surface area contributed by atoms with Crippen LogP contribution in [0, 0.1) is 9.49 Å². The molecule has 0 spiro atoms. The second kappa shape index (κ2) is 6.51. The number of aliphatic carboxylic acids is 1. The number of carboxylic acid groups (broad SMARTS) is 1. The van der Waals surface area contributed by atoms with Gasteiger partial charge in [-0.15, -0.1) is 0 Å². The largest absolute Gasteiger partial charge is 0.480 e. The summed E-state index contributed by atoms with van der Waals surface area (Å²) >= 11 is 5.33. The van der Waals surface area contributed by atoms with Crippen molar-refractivity contribution < 1.29 is 14.7 Å². The molecule has 0 heterocycles. The lowest BCUT2D eigenvalue weighted by Crippen LogP contribution is -2.44. The van der Waals surface area contributed by atoms with E-state index in [9.17, 15) is 9.59 Å². The molecular weight excluding hydrogens is 413 g/mol. The molecule has 0 radical (unpaired) electrons. The molecule has 0 aliphatic rings. The molecule has 1 aromatic rings. The average molecular weight is 426 g/mol. The highest BCUT2D eigenvalue weighted by atomic mass is 127. The molecule has 1 unspecified atom stereocenters. The third-order valence-electron chi connectivity index (χ3n) is 2.39. The van der Waals surface area contributed by atoms with Crippen LogP contribution in [0.5, 0.6) is 0 Å². The van der Waals surface area contributed by atoms with Gasteiger partial charge < -0.3 is 10.4 Å². The molecule has 0 fully saturated rings. The Hall–Kier alpha value is -0.630. The third-order valence-corrected chi connectivity index (χ3v) is 3.83. The lowest BCUT2D eigenvalue weighted by Gasteiger charge is -2.18. The van der Waals surface area contributed by atoms with Crippen LogP contribution in [0.3, 0.4) is 0 Å². The van der Waals surface area contributed by atoms with Gasteiger partial charge in [-0.3, -0.25) is 4.79 Å². The van der Waals surface area contributed by atoms with E-state index in [4.69, 9.17) is 5.11 Å². The highest BCUT2D eigenvalue weighted by molar-refractivity contribution is 14.1. The Labute approximate surface area is 127 Å². The Morgan fingerprint density at radius 3 is 2.50 bits per heavy atom. The Morgan fingerprint density at radius 2 is 2.00 bits per heavy atom.